The van der Waals surface area contributed by atoms with Crippen LogP contribution >= 0.6 is 0 Å². The van der Waals surface area contributed by atoms with E-state index in [4.69, 9.17) is 80.5 Å². The summed E-state index contributed by atoms with van der Waals surface area (Å²) in [7, 11) is 8.09. The summed E-state index contributed by atoms with van der Waals surface area (Å²) >= 11 is 0. The van der Waals surface area contributed by atoms with E-state index in [0.29, 0.717) is 44.9 Å². The Balaban J connectivity index is 0.680. The number of methoxy groups -OCH3 is 5. The zero-order valence-corrected chi connectivity index (χ0v) is 52.7. The van der Waals surface area contributed by atoms with Crippen molar-refractivity contribution in [2.45, 2.75) is 310 Å². The van der Waals surface area contributed by atoms with Crippen molar-refractivity contribution < 1.29 is 116 Å². The van der Waals surface area contributed by atoms with Crippen LogP contribution in [-0.4, -0.2) is 256 Å². The van der Waals surface area contributed by atoms with E-state index >= 15 is 0 Å². The predicted octanol–water partition coefficient (Wildman–Crippen LogP) is 2.89. The molecule has 24 heteroatoms. The van der Waals surface area contributed by atoms with Crippen LogP contribution in [0, 0.1) is 28.6 Å². The molecule has 24 nitrogen and oxygen atoms in total. The van der Waals surface area contributed by atoms with Gasteiger partial charge in [0.25, 0.3) is 0 Å². The van der Waals surface area contributed by atoms with Gasteiger partial charge in [-0.05, 0) is 110 Å². The maximum Gasteiger partial charge on any atom is 0.187 e. The van der Waals surface area contributed by atoms with Gasteiger partial charge in [0.2, 0.25) is 0 Å². The lowest BCUT2D eigenvalue weighted by molar-refractivity contribution is -0.360. The lowest BCUT2D eigenvalue weighted by atomic mass is 9.45. The van der Waals surface area contributed by atoms with E-state index in [-0.39, 0.29) is 47.9 Å². The first kappa shape index (κ1) is 67.7. The second-order valence-electron chi connectivity index (χ2n) is 27.0. The molecular weight excluding hydrogens is 1130 g/mol. The van der Waals surface area contributed by atoms with Crippen molar-refractivity contribution in [3.63, 3.8) is 0 Å². The molecule has 6 saturated heterocycles. The maximum absolute atomic E-state index is 12.5. The van der Waals surface area contributed by atoms with Gasteiger partial charge in [0.05, 0.1) is 91.6 Å². The molecular formula is C62H104O24. The quantitative estimate of drug-likeness (QED) is 0.0915. The Morgan fingerprint density at radius 3 is 1.33 bits per heavy atom. The number of hydrogen-bond acceptors (Lipinski definition) is 24. The van der Waals surface area contributed by atoms with Crippen molar-refractivity contribution in [1.82, 2.24) is 0 Å². The molecule has 0 bridgehead atoms. The summed E-state index contributed by atoms with van der Waals surface area (Å²) in [6.07, 6.45) is -10.2. The smallest absolute Gasteiger partial charge is 0.187 e. The van der Waals surface area contributed by atoms with E-state index in [1.165, 1.54) is 12.7 Å². The lowest BCUT2D eigenvalue weighted by Gasteiger charge is -2.63. The summed E-state index contributed by atoms with van der Waals surface area (Å²) in [6, 6.07) is 0. The van der Waals surface area contributed by atoms with Gasteiger partial charge >= 0.3 is 0 Å². The highest BCUT2D eigenvalue weighted by atomic mass is 16.8. The molecule has 7 N–H and O–H groups in total. The van der Waals surface area contributed by atoms with Crippen LogP contribution in [0.2, 0.25) is 0 Å². The molecule has 0 amide bonds. The Hall–Kier alpha value is -1.22. The summed E-state index contributed by atoms with van der Waals surface area (Å²) < 4.78 is 108. The summed E-state index contributed by atoms with van der Waals surface area (Å²) in [6.45, 7) is 15.0. The van der Waals surface area contributed by atoms with Crippen LogP contribution in [0.3, 0.4) is 0 Å². The van der Waals surface area contributed by atoms with E-state index in [2.05, 4.69) is 13.0 Å². The van der Waals surface area contributed by atoms with Crippen molar-refractivity contribution in [2.75, 3.05) is 42.2 Å². The van der Waals surface area contributed by atoms with E-state index in [9.17, 15) is 35.7 Å². The van der Waals surface area contributed by atoms with Gasteiger partial charge in [0.15, 0.2) is 37.7 Å². The fourth-order valence-electron chi connectivity index (χ4n) is 17.3. The monoisotopic (exact) mass is 1230 g/mol. The highest BCUT2D eigenvalue weighted by Gasteiger charge is 2.70. The maximum atomic E-state index is 12.5. The number of rotatable bonds is 19. The third kappa shape index (κ3) is 12.9. The molecule has 86 heavy (non-hydrogen) atoms. The molecule has 6 aliphatic heterocycles. The number of aliphatic hydroxyl groups is 7. The highest BCUT2D eigenvalue weighted by Crippen LogP contribution is 2.68. The molecule has 4 aliphatic carbocycles. The average molecular weight is 1230 g/mol. The standard InChI is InChI=1S/C62H104O24/c1-28(64)36-17-19-62(69)37-15-14-34-20-35(16-18-60(34,7)38(37)21-45(65)61(36,62)8)80-46-22-39(70-9)54(29(2)75-46)82-47-23-40(71-10)55(30(3)76-47)83-48-24-41(72-11)56(31(4)77-48)84-49-25-42(73-12)57(32(5)78-49)85-50-26-43(74-13)58(33(6)79-50)86-59-53(68)52(67)51(66)44(27-63)81-59/h14,28-33,35-59,63-69H,15-27H2,1-13H3. The van der Waals surface area contributed by atoms with Crippen molar-refractivity contribution in [3.05, 3.63) is 11.6 Å². The molecule has 6 heterocycles. The summed E-state index contributed by atoms with van der Waals surface area (Å²) in [4.78, 5) is 0. The van der Waals surface area contributed by atoms with Gasteiger partial charge in [0.1, 0.15) is 54.9 Å². The Morgan fingerprint density at radius 2 is 0.930 bits per heavy atom. The van der Waals surface area contributed by atoms with Crippen LogP contribution in [0.5, 0.6) is 0 Å². The molecule has 0 aromatic rings. The highest BCUT2D eigenvalue weighted by molar-refractivity contribution is 5.29. The predicted molar refractivity (Wildman–Crippen MR) is 301 cm³/mol. The fraction of sp³-hybridized carbons (Fsp3) is 0.968. The Kier molecular flexibility index (Phi) is 21.8. The van der Waals surface area contributed by atoms with Crippen molar-refractivity contribution >= 4 is 0 Å². The SMILES string of the molecule is COC1CC(OC2CCC3(C)C(=CCC4C3CC(O)C3(C)C(C(C)O)CCC43O)C2)OC(C)C1OC1CC(OC)C(OC2CC(OC)C(OC3CC(OC)C(OC4CC(OC)C(OC5OC(CO)C(O)C(O)C5O)C(C)O4)C(C)O3)C(C)O2)C(C)O1. The second kappa shape index (κ2) is 27.8. The van der Waals surface area contributed by atoms with Gasteiger partial charge in [-0.3, -0.25) is 0 Å². The van der Waals surface area contributed by atoms with Crippen molar-refractivity contribution in [3.8, 4) is 0 Å². The van der Waals surface area contributed by atoms with Crippen LogP contribution in [0.1, 0.15) is 132 Å². The van der Waals surface area contributed by atoms with E-state index in [1.807, 2.05) is 34.6 Å². The van der Waals surface area contributed by atoms with Gasteiger partial charge in [0, 0.05) is 73.1 Å². The molecule has 34 unspecified atom stereocenters. The average Bonchev–Trinajstić information content (AvgIpc) is 1.38. The van der Waals surface area contributed by atoms with Gasteiger partial charge in [-0.1, -0.05) is 25.5 Å². The third-order valence-corrected chi connectivity index (χ3v) is 22.3. The van der Waals surface area contributed by atoms with Gasteiger partial charge in [-0.25, -0.2) is 0 Å². The van der Waals surface area contributed by atoms with Crippen molar-refractivity contribution in [2.24, 2.45) is 28.6 Å². The summed E-state index contributed by atoms with van der Waals surface area (Å²) in [5, 5.41) is 75.9. The first-order chi connectivity index (χ1) is 40.9. The number of ether oxygens (including phenoxy) is 17. The molecule has 10 aliphatic rings. The number of fused-ring (bicyclic) bond motifs is 5. The normalized spacial score (nSPS) is 53.0. The van der Waals surface area contributed by atoms with Crippen molar-refractivity contribution in [1.29, 1.82) is 0 Å². The van der Waals surface area contributed by atoms with Crippen LogP contribution in [0.4, 0.5) is 0 Å². The molecule has 3 saturated carbocycles. The summed E-state index contributed by atoms with van der Waals surface area (Å²) in [5.74, 6) is 0.0163. The zero-order valence-electron chi connectivity index (χ0n) is 52.7. The molecule has 34 atom stereocenters. The minimum Gasteiger partial charge on any atom is -0.394 e. The van der Waals surface area contributed by atoms with Gasteiger partial charge < -0.3 is 116 Å². The molecule has 496 valence electrons. The Labute approximate surface area is 507 Å². The minimum absolute atomic E-state index is 0.0238. The molecule has 0 spiro atoms. The number of hydrogen-bond donors (Lipinski definition) is 7. The molecule has 0 aromatic carbocycles. The molecule has 9 fully saturated rings. The van der Waals surface area contributed by atoms with Gasteiger partial charge in [-0.2, -0.15) is 0 Å². The van der Waals surface area contributed by atoms with E-state index in [1.54, 1.807) is 42.3 Å². The Bertz CT molecular complexity index is 2210. The Morgan fingerprint density at radius 1 is 0.523 bits per heavy atom. The lowest BCUT2D eigenvalue weighted by Crippen LogP contribution is -2.66. The third-order valence-electron chi connectivity index (χ3n) is 22.3. The molecule has 0 aromatic heterocycles. The topological polar surface area (TPSA) is 299 Å². The summed E-state index contributed by atoms with van der Waals surface area (Å²) in [5.41, 5.74) is -0.610. The molecule has 10 rings (SSSR count). The van der Waals surface area contributed by atoms with E-state index in [0.717, 1.165) is 25.7 Å². The first-order valence-corrected chi connectivity index (χ1v) is 31.9. The number of allylic oxidation sites excluding steroid dienone is 1. The van der Waals surface area contributed by atoms with E-state index < -0.39 is 171 Å². The van der Waals surface area contributed by atoms with Crippen LogP contribution in [-0.2, 0) is 80.5 Å². The number of aliphatic hydroxyl groups excluding tert-OH is 6. The molecule has 0 radical (unpaired) electrons. The largest absolute Gasteiger partial charge is 0.394 e. The zero-order chi connectivity index (χ0) is 61.9. The first-order valence-electron chi connectivity index (χ1n) is 31.9. The van der Waals surface area contributed by atoms with Gasteiger partial charge in [-0.15, -0.1) is 0 Å². The second-order valence-corrected chi connectivity index (χ2v) is 27.0. The van der Waals surface area contributed by atoms with Crippen LogP contribution < -0.4 is 0 Å². The fourth-order valence-corrected chi connectivity index (χ4v) is 17.3. The minimum atomic E-state index is -1.60. The van der Waals surface area contributed by atoms with Crippen LogP contribution in [0.25, 0.3) is 0 Å². The van der Waals surface area contributed by atoms with Crippen LogP contribution in [0.15, 0.2) is 11.6 Å².